The van der Waals surface area contributed by atoms with Gasteiger partial charge in [-0.1, -0.05) is 24.3 Å². The van der Waals surface area contributed by atoms with Crippen molar-refractivity contribution in [2.24, 2.45) is 0 Å². The molecule has 1 heterocycles. The summed E-state index contributed by atoms with van der Waals surface area (Å²) < 4.78 is 0. The Bertz CT molecular complexity index is 717. The maximum absolute atomic E-state index is 11.9. The van der Waals surface area contributed by atoms with Gasteiger partial charge in [0.2, 0.25) is 0 Å². The van der Waals surface area contributed by atoms with Gasteiger partial charge in [-0.2, -0.15) is 0 Å². The van der Waals surface area contributed by atoms with Crippen molar-refractivity contribution in [2.45, 2.75) is 39.3 Å². The average Bonchev–Trinajstić information content (AvgIpc) is 2.90. The molecule has 0 saturated carbocycles. The lowest BCUT2D eigenvalue weighted by Crippen LogP contribution is -2.49. The van der Waals surface area contributed by atoms with Crippen LogP contribution in [0.1, 0.15) is 38.1 Å². The third kappa shape index (κ3) is 4.58. The Morgan fingerprint density at radius 1 is 1.24 bits per heavy atom. The molecule has 0 unspecified atom stereocenters. The summed E-state index contributed by atoms with van der Waals surface area (Å²) in [7, 11) is 3.93. The van der Waals surface area contributed by atoms with E-state index in [4.69, 9.17) is 0 Å². The number of carboxylic acid groups (broad SMARTS) is 1. The van der Waals surface area contributed by atoms with E-state index in [1.54, 1.807) is 16.2 Å². The van der Waals surface area contributed by atoms with Crippen molar-refractivity contribution in [1.29, 1.82) is 0 Å². The minimum absolute atomic E-state index is 0.232. The molecule has 2 rings (SSSR count). The lowest BCUT2D eigenvalue weighted by molar-refractivity contribution is 0.0603. The average molecular weight is 362 g/mol. The van der Waals surface area contributed by atoms with E-state index in [2.05, 4.69) is 17.1 Å². The molecule has 0 fully saturated rings. The molecule has 0 aliphatic heterocycles. The van der Waals surface area contributed by atoms with Crippen LogP contribution in [-0.4, -0.2) is 52.2 Å². The minimum atomic E-state index is -0.901. The number of amides is 1. The van der Waals surface area contributed by atoms with E-state index in [1.807, 2.05) is 64.3 Å². The zero-order chi connectivity index (χ0) is 18.8. The van der Waals surface area contributed by atoms with E-state index in [0.29, 0.717) is 6.54 Å². The van der Waals surface area contributed by atoms with Gasteiger partial charge in [-0.25, -0.2) is 9.78 Å². The zero-order valence-electron chi connectivity index (χ0n) is 15.8. The van der Waals surface area contributed by atoms with Gasteiger partial charge in [-0.05, 0) is 52.9 Å². The molecular weight excluding hydrogens is 334 g/mol. The molecule has 2 aromatic rings. The summed E-state index contributed by atoms with van der Waals surface area (Å²) in [5.74, 6) is 0. The van der Waals surface area contributed by atoms with Crippen LogP contribution < -0.4 is 0 Å². The van der Waals surface area contributed by atoms with Crippen LogP contribution in [0.25, 0.3) is 10.4 Å². The van der Waals surface area contributed by atoms with Crippen LogP contribution in [0, 0.1) is 6.92 Å². The highest BCUT2D eigenvalue weighted by Crippen LogP contribution is 2.32. The van der Waals surface area contributed by atoms with E-state index < -0.39 is 11.6 Å². The molecule has 25 heavy (non-hydrogen) atoms. The third-order valence-corrected chi connectivity index (χ3v) is 5.06. The highest BCUT2D eigenvalue weighted by Gasteiger charge is 2.34. The first kappa shape index (κ1) is 19.4. The molecule has 0 bridgehead atoms. The van der Waals surface area contributed by atoms with Gasteiger partial charge in [0.05, 0.1) is 22.1 Å². The maximum atomic E-state index is 11.9. The predicted molar refractivity (Wildman–Crippen MR) is 103 cm³/mol. The molecule has 1 aromatic carbocycles. The highest BCUT2D eigenvalue weighted by atomic mass is 32.1. The number of nitrogens with zero attached hydrogens (tertiary/aromatic N) is 3. The monoisotopic (exact) mass is 361 g/mol. The molecule has 1 amide bonds. The van der Waals surface area contributed by atoms with Crippen LogP contribution in [0.15, 0.2) is 29.8 Å². The van der Waals surface area contributed by atoms with E-state index in [-0.39, 0.29) is 6.04 Å². The lowest BCUT2D eigenvalue weighted by Gasteiger charge is -2.41. The molecule has 0 aliphatic rings. The standard InChI is InChI=1S/C19H27N3O2S/c1-13-17(25-12-20-13)15-9-7-14(8-10-15)16(11-21(5)6)22(18(23)24)19(2,3)4/h7-10,12,16H,11H2,1-6H3,(H,23,24)/t16-/m0/s1. The smallest absolute Gasteiger partial charge is 0.408 e. The minimum Gasteiger partial charge on any atom is -0.465 e. The number of aromatic nitrogens is 1. The maximum Gasteiger partial charge on any atom is 0.408 e. The van der Waals surface area contributed by atoms with Gasteiger partial charge in [0, 0.05) is 12.1 Å². The number of likely N-dealkylation sites (N-methyl/N-ethyl adjacent to an activating group) is 1. The summed E-state index contributed by atoms with van der Waals surface area (Å²) in [6.07, 6.45) is -0.901. The molecule has 0 radical (unpaired) electrons. The van der Waals surface area contributed by atoms with E-state index in [1.165, 1.54) is 0 Å². The van der Waals surface area contributed by atoms with E-state index >= 15 is 0 Å². The Labute approximate surface area is 153 Å². The van der Waals surface area contributed by atoms with Crippen molar-refractivity contribution in [3.63, 3.8) is 0 Å². The molecule has 0 aliphatic carbocycles. The summed E-state index contributed by atoms with van der Waals surface area (Å²) in [6.45, 7) is 8.42. The molecule has 1 aromatic heterocycles. The number of aryl methyl sites for hydroxylation is 1. The summed E-state index contributed by atoms with van der Waals surface area (Å²) in [4.78, 5) is 21.0. The molecule has 0 spiro atoms. The van der Waals surface area contributed by atoms with E-state index in [9.17, 15) is 9.90 Å². The Kier molecular flexibility index (Phi) is 5.85. The van der Waals surface area contributed by atoms with Gasteiger partial charge in [0.25, 0.3) is 0 Å². The molecule has 6 heteroatoms. The van der Waals surface area contributed by atoms with Crippen LogP contribution in [0.5, 0.6) is 0 Å². The summed E-state index contributed by atoms with van der Waals surface area (Å²) in [6, 6.07) is 7.95. The van der Waals surface area contributed by atoms with Crippen molar-refractivity contribution in [3.8, 4) is 10.4 Å². The molecular formula is C19H27N3O2S. The SMILES string of the molecule is Cc1ncsc1-c1ccc([C@H](CN(C)C)N(C(=O)O)C(C)(C)C)cc1. The second kappa shape index (κ2) is 7.54. The Hall–Kier alpha value is -1.92. The van der Waals surface area contributed by atoms with Crippen molar-refractivity contribution in [1.82, 2.24) is 14.8 Å². The molecule has 5 nitrogen and oxygen atoms in total. The van der Waals surface area contributed by atoms with Crippen LogP contribution in [-0.2, 0) is 0 Å². The Morgan fingerprint density at radius 2 is 1.84 bits per heavy atom. The number of benzene rings is 1. The Balaban J connectivity index is 2.41. The second-order valence-electron chi connectivity index (χ2n) is 7.49. The number of thiazole rings is 1. The fourth-order valence-electron chi connectivity index (χ4n) is 3.01. The molecule has 0 saturated heterocycles. The van der Waals surface area contributed by atoms with Crippen LogP contribution >= 0.6 is 11.3 Å². The lowest BCUT2D eigenvalue weighted by atomic mass is 9.97. The van der Waals surface area contributed by atoms with Gasteiger partial charge < -0.3 is 10.0 Å². The zero-order valence-corrected chi connectivity index (χ0v) is 16.6. The van der Waals surface area contributed by atoms with Crippen molar-refractivity contribution >= 4 is 17.4 Å². The van der Waals surface area contributed by atoms with Crippen LogP contribution in [0.2, 0.25) is 0 Å². The number of rotatable bonds is 5. The van der Waals surface area contributed by atoms with Crippen molar-refractivity contribution in [2.75, 3.05) is 20.6 Å². The number of hydrogen-bond donors (Lipinski definition) is 1. The van der Waals surface area contributed by atoms with Crippen molar-refractivity contribution in [3.05, 3.63) is 41.0 Å². The Morgan fingerprint density at radius 3 is 2.24 bits per heavy atom. The fourth-order valence-corrected chi connectivity index (χ4v) is 3.82. The van der Waals surface area contributed by atoms with E-state index in [0.717, 1.165) is 21.7 Å². The van der Waals surface area contributed by atoms with Crippen LogP contribution in [0.4, 0.5) is 4.79 Å². The third-order valence-electron chi connectivity index (χ3n) is 4.08. The predicted octanol–water partition coefficient (Wildman–Crippen LogP) is 4.50. The van der Waals surface area contributed by atoms with Crippen LogP contribution in [0.3, 0.4) is 0 Å². The van der Waals surface area contributed by atoms with Gasteiger partial charge in [0.1, 0.15) is 0 Å². The number of carbonyl (C=O) groups is 1. The quantitative estimate of drug-likeness (QED) is 0.852. The van der Waals surface area contributed by atoms with Gasteiger partial charge in [0.15, 0.2) is 0 Å². The second-order valence-corrected chi connectivity index (χ2v) is 8.35. The van der Waals surface area contributed by atoms with Crippen molar-refractivity contribution < 1.29 is 9.90 Å². The topological polar surface area (TPSA) is 56.7 Å². The van der Waals surface area contributed by atoms with Gasteiger partial charge in [-0.15, -0.1) is 11.3 Å². The summed E-state index contributed by atoms with van der Waals surface area (Å²) >= 11 is 1.62. The summed E-state index contributed by atoms with van der Waals surface area (Å²) in [5.41, 5.74) is 4.49. The van der Waals surface area contributed by atoms with Gasteiger partial charge in [-0.3, -0.25) is 4.90 Å². The van der Waals surface area contributed by atoms with Gasteiger partial charge >= 0.3 is 6.09 Å². The summed E-state index contributed by atoms with van der Waals surface area (Å²) in [5, 5.41) is 9.80. The first-order chi connectivity index (χ1) is 11.6. The number of hydrogen-bond acceptors (Lipinski definition) is 4. The molecule has 1 N–H and O–H groups in total. The largest absolute Gasteiger partial charge is 0.465 e. The molecule has 136 valence electrons. The molecule has 1 atom stereocenters. The fraction of sp³-hybridized carbons (Fsp3) is 0.474. The highest BCUT2D eigenvalue weighted by molar-refractivity contribution is 7.13. The normalized spacial score (nSPS) is 13.1. The first-order valence-corrected chi connectivity index (χ1v) is 9.16. The first-order valence-electron chi connectivity index (χ1n) is 8.28.